The molecule has 0 unspecified atom stereocenters. The lowest BCUT2D eigenvalue weighted by Crippen LogP contribution is -2.55. The third-order valence-corrected chi connectivity index (χ3v) is 7.36. The van der Waals surface area contributed by atoms with Gasteiger partial charge in [-0.15, -0.1) is 0 Å². The van der Waals surface area contributed by atoms with Crippen LogP contribution < -0.4 is 15.0 Å². The number of nitrogens with zero attached hydrogens (tertiary/aromatic N) is 1. The number of nitrogens with one attached hydrogen (secondary N) is 1. The molecule has 43 heavy (non-hydrogen) atoms. The maximum absolute atomic E-state index is 13.3. The van der Waals surface area contributed by atoms with Crippen molar-refractivity contribution in [2.45, 2.75) is 31.0 Å². The first-order valence-electron chi connectivity index (χ1n) is 13.8. The zero-order valence-electron chi connectivity index (χ0n) is 23.0. The standard InChI is InChI=1S/C34H29FN2O6/c35-25-15-11-22(12-16-25)29(38)20-19-28-32(37(33(28)40)26-9-5-2-6-10-26)24-13-17-27(18-14-24)43-21-30(39)36-31(34(41)42)23-7-3-1-4-8-23/h1-13,15-17,28-29,31-32,38H,19-21H2,(H,36,39)(H,41,42)/t28-,29+,31-,32-/m1/s1. The van der Waals surface area contributed by atoms with Crippen LogP contribution in [-0.2, 0) is 14.4 Å². The Balaban J connectivity index is 1.25. The van der Waals surface area contributed by atoms with Crippen molar-refractivity contribution in [1.82, 2.24) is 5.32 Å². The average molecular weight is 581 g/mol. The van der Waals surface area contributed by atoms with E-state index in [1.165, 1.54) is 24.3 Å². The molecule has 1 saturated heterocycles. The molecule has 1 aliphatic rings. The van der Waals surface area contributed by atoms with E-state index < -0.39 is 36.5 Å². The zero-order valence-corrected chi connectivity index (χ0v) is 23.0. The highest BCUT2D eigenvalue weighted by molar-refractivity contribution is 6.03. The van der Waals surface area contributed by atoms with Crippen LogP contribution in [-0.4, -0.2) is 34.6 Å². The number of halogens is 1. The number of β-lactam (4-membered cyclic amide) rings is 1. The third-order valence-electron chi connectivity index (χ3n) is 7.36. The molecule has 5 rings (SSSR count). The number of anilines is 1. The molecule has 1 aliphatic heterocycles. The number of para-hydroxylation sites is 1. The summed E-state index contributed by atoms with van der Waals surface area (Å²) >= 11 is 0. The highest BCUT2D eigenvalue weighted by Gasteiger charge is 2.48. The molecule has 0 spiro atoms. The first-order valence-corrected chi connectivity index (χ1v) is 13.8. The van der Waals surface area contributed by atoms with Gasteiger partial charge in [0.2, 0.25) is 5.91 Å². The van der Waals surface area contributed by atoms with Gasteiger partial charge < -0.3 is 25.2 Å². The number of carboxylic acid groups (broad SMARTS) is 1. The summed E-state index contributed by atoms with van der Waals surface area (Å²) in [6.07, 6.45) is -0.148. The Bertz CT molecular complexity index is 1550. The fourth-order valence-corrected chi connectivity index (χ4v) is 5.17. The number of ether oxygens (including phenoxy) is 1. The summed E-state index contributed by atoms with van der Waals surface area (Å²) in [5.74, 6) is -2.48. The average Bonchev–Trinajstić information content (AvgIpc) is 3.02. The predicted octanol–water partition coefficient (Wildman–Crippen LogP) is 4.96. The highest BCUT2D eigenvalue weighted by Crippen LogP contribution is 2.46. The summed E-state index contributed by atoms with van der Waals surface area (Å²) in [7, 11) is 0. The predicted molar refractivity (Wildman–Crippen MR) is 155 cm³/mol. The van der Waals surface area contributed by atoms with Gasteiger partial charge in [-0.1, -0.05) is 66.7 Å². The number of carboxylic acids is 1. The second-order valence-corrected chi connectivity index (χ2v) is 10.2. The number of hydrogen-bond donors (Lipinski definition) is 3. The fourth-order valence-electron chi connectivity index (χ4n) is 5.17. The van der Waals surface area contributed by atoms with E-state index in [1.54, 1.807) is 47.4 Å². The smallest absolute Gasteiger partial charge is 0.330 e. The van der Waals surface area contributed by atoms with Gasteiger partial charge in [-0.05, 0) is 66.4 Å². The van der Waals surface area contributed by atoms with Crippen LogP contribution in [0.4, 0.5) is 10.1 Å². The second kappa shape index (κ2) is 13.2. The summed E-state index contributed by atoms with van der Waals surface area (Å²) in [4.78, 5) is 39.1. The number of rotatable bonds is 12. The number of carbonyl (C=O) groups is 3. The lowest BCUT2D eigenvalue weighted by atomic mass is 9.78. The lowest BCUT2D eigenvalue weighted by molar-refractivity contribution is -0.142. The third kappa shape index (κ3) is 6.83. The molecule has 2 amide bonds. The summed E-state index contributed by atoms with van der Waals surface area (Å²) in [5, 5.41) is 22.6. The van der Waals surface area contributed by atoms with Gasteiger partial charge in [-0.25, -0.2) is 9.18 Å². The molecular weight excluding hydrogens is 551 g/mol. The maximum atomic E-state index is 13.3. The van der Waals surface area contributed by atoms with Crippen LogP contribution in [0, 0.1) is 23.9 Å². The summed E-state index contributed by atoms with van der Waals surface area (Å²) in [5.41, 5.74) is 2.42. The Morgan fingerprint density at radius 2 is 1.58 bits per heavy atom. The molecule has 3 N–H and O–H groups in total. The van der Waals surface area contributed by atoms with Gasteiger partial charge in [0, 0.05) is 11.3 Å². The normalized spacial score (nSPS) is 17.3. The lowest BCUT2D eigenvalue weighted by Gasteiger charge is -2.47. The maximum Gasteiger partial charge on any atom is 0.330 e. The topological polar surface area (TPSA) is 116 Å². The van der Waals surface area contributed by atoms with Gasteiger partial charge >= 0.3 is 5.97 Å². The Morgan fingerprint density at radius 1 is 0.907 bits per heavy atom. The highest BCUT2D eigenvalue weighted by atomic mass is 19.1. The monoisotopic (exact) mass is 580 g/mol. The SMILES string of the molecule is O=C(COc1c#cc([C@@H]2[C@@H](CC[C@H](O)c3ccc(F)cc3)C(=O)N2c2ccccc2)cc1)N[C@@H](C(=O)O)c1ccccc1. The first-order chi connectivity index (χ1) is 20.8. The van der Waals surface area contributed by atoms with E-state index in [0.29, 0.717) is 29.5 Å². The van der Waals surface area contributed by atoms with Crippen LogP contribution in [0.25, 0.3) is 0 Å². The van der Waals surface area contributed by atoms with Crippen LogP contribution >= 0.6 is 0 Å². The molecule has 218 valence electrons. The zero-order chi connectivity index (χ0) is 30.3. The second-order valence-electron chi connectivity index (χ2n) is 10.2. The minimum Gasteiger partial charge on any atom is -0.479 e. The molecule has 0 saturated carbocycles. The molecule has 1 fully saturated rings. The number of carbonyl (C=O) groups excluding carboxylic acids is 2. The summed E-state index contributed by atoms with van der Waals surface area (Å²) < 4.78 is 18.8. The van der Waals surface area contributed by atoms with E-state index in [9.17, 15) is 29.0 Å². The van der Waals surface area contributed by atoms with Crippen molar-refractivity contribution in [2.24, 2.45) is 5.92 Å². The fraction of sp³-hybridized carbons (Fsp3) is 0.206. The number of aliphatic hydroxyl groups is 1. The van der Waals surface area contributed by atoms with Crippen LogP contribution in [0.1, 0.15) is 47.7 Å². The van der Waals surface area contributed by atoms with Crippen molar-refractivity contribution in [3.8, 4) is 5.75 Å². The molecular formula is C34H29FN2O6. The van der Waals surface area contributed by atoms with E-state index in [-0.39, 0.29) is 23.5 Å². The summed E-state index contributed by atoms with van der Waals surface area (Å²) in [6, 6.07) is 30.9. The molecule has 4 atom stereocenters. The minimum atomic E-state index is -1.21. The van der Waals surface area contributed by atoms with Gasteiger partial charge in [0.05, 0.1) is 18.1 Å². The van der Waals surface area contributed by atoms with E-state index in [1.807, 2.05) is 30.3 Å². The Kier molecular flexibility index (Phi) is 8.99. The Hall–Kier alpha value is -5.20. The van der Waals surface area contributed by atoms with Gasteiger partial charge in [0.1, 0.15) is 5.82 Å². The van der Waals surface area contributed by atoms with E-state index in [4.69, 9.17) is 4.74 Å². The van der Waals surface area contributed by atoms with Crippen LogP contribution in [0.3, 0.4) is 0 Å². The van der Waals surface area contributed by atoms with Gasteiger partial charge in [0.15, 0.2) is 18.4 Å². The first kappa shape index (κ1) is 29.3. The largest absolute Gasteiger partial charge is 0.479 e. The van der Waals surface area contributed by atoms with E-state index in [2.05, 4.69) is 17.4 Å². The number of aliphatic carboxylic acids is 1. The van der Waals surface area contributed by atoms with Crippen LogP contribution in [0.2, 0.25) is 0 Å². The Labute approximate surface area is 248 Å². The molecule has 1 heterocycles. The van der Waals surface area contributed by atoms with Crippen molar-refractivity contribution >= 4 is 23.5 Å². The number of aliphatic hydroxyl groups excluding tert-OH is 1. The van der Waals surface area contributed by atoms with Crippen molar-refractivity contribution in [3.05, 3.63) is 132 Å². The van der Waals surface area contributed by atoms with Crippen molar-refractivity contribution in [2.75, 3.05) is 11.5 Å². The van der Waals surface area contributed by atoms with Crippen LogP contribution in [0.5, 0.6) is 5.75 Å². The molecule has 0 aromatic heterocycles. The molecule has 8 nitrogen and oxygen atoms in total. The number of benzene rings is 3. The molecule has 0 aliphatic carbocycles. The van der Waals surface area contributed by atoms with Gasteiger partial charge in [-0.3, -0.25) is 9.59 Å². The van der Waals surface area contributed by atoms with Crippen molar-refractivity contribution in [1.29, 1.82) is 0 Å². The van der Waals surface area contributed by atoms with E-state index >= 15 is 0 Å². The minimum absolute atomic E-state index is 0.0840. The number of hydrogen-bond acceptors (Lipinski definition) is 5. The van der Waals surface area contributed by atoms with Crippen LogP contribution in [0.15, 0.2) is 97.1 Å². The van der Waals surface area contributed by atoms with Crippen molar-refractivity contribution < 1.29 is 33.7 Å². The van der Waals surface area contributed by atoms with E-state index in [0.717, 1.165) is 5.69 Å². The molecule has 4 aromatic rings. The molecule has 4 aromatic carbocycles. The number of amides is 2. The quantitative estimate of drug-likeness (QED) is 0.204. The summed E-state index contributed by atoms with van der Waals surface area (Å²) in [6.45, 7) is -0.428. The molecule has 0 bridgehead atoms. The molecule has 0 radical (unpaired) electrons. The van der Waals surface area contributed by atoms with Crippen molar-refractivity contribution in [3.63, 3.8) is 0 Å². The van der Waals surface area contributed by atoms with Gasteiger partial charge in [0.25, 0.3) is 5.91 Å². The molecule has 9 heteroatoms. The Morgan fingerprint density at radius 3 is 2.21 bits per heavy atom. The van der Waals surface area contributed by atoms with Gasteiger partial charge in [-0.2, -0.15) is 0 Å².